The molecule has 1 amide bonds. The van der Waals surface area contributed by atoms with Crippen LogP contribution in [0, 0.1) is 0 Å². The monoisotopic (exact) mass is 564 g/mol. The highest BCUT2D eigenvalue weighted by molar-refractivity contribution is 8.01. The van der Waals surface area contributed by atoms with Crippen LogP contribution in [0.2, 0.25) is 10.0 Å². The standard InChI is InChI=1S/C29H38Cl2N2O3S/c1-28(2,3)36-27(35)29(4,5)37-23-14-11-20(12-15-23)18-33(22-9-7-6-8-10-22)19-26(34)32-25-16-13-21(30)17-24(25)31/h11-17,22H,6-10,18-19H2,1-5H3,(H,32,34). The highest BCUT2D eigenvalue weighted by Gasteiger charge is 2.33. The lowest BCUT2D eigenvalue weighted by atomic mass is 9.93. The molecule has 1 fully saturated rings. The Hall–Kier alpha value is -1.73. The first kappa shape index (κ1) is 29.8. The molecule has 0 aliphatic heterocycles. The first-order valence-electron chi connectivity index (χ1n) is 12.8. The zero-order valence-electron chi connectivity index (χ0n) is 22.4. The first-order valence-corrected chi connectivity index (χ1v) is 14.4. The van der Waals surface area contributed by atoms with Crippen molar-refractivity contribution in [2.24, 2.45) is 0 Å². The first-order chi connectivity index (χ1) is 17.3. The van der Waals surface area contributed by atoms with Gasteiger partial charge in [0, 0.05) is 22.5 Å². The van der Waals surface area contributed by atoms with Crippen LogP contribution in [0.15, 0.2) is 47.4 Å². The third kappa shape index (κ3) is 9.51. The maximum absolute atomic E-state index is 13.0. The van der Waals surface area contributed by atoms with Gasteiger partial charge in [-0.15, -0.1) is 11.8 Å². The van der Waals surface area contributed by atoms with Crippen molar-refractivity contribution in [2.75, 3.05) is 11.9 Å². The maximum Gasteiger partial charge on any atom is 0.322 e. The van der Waals surface area contributed by atoms with Gasteiger partial charge in [-0.1, -0.05) is 54.6 Å². The molecule has 8 heteroatoms. The average molecular weight is 566 g/mol. The van der Waals surface area contributed by atoms with Crippen LogP contribution in [0.5, 0.6) is 0 Å². The molecule has 0 spiro atoms. The van der Waals surface area contributed by atoms with E-state index in [0.29, 0.717) is 28.3 Å². The van der Waals surface area contributed by atoms with Crippen molar-refractivity contribution in [1.82, 2.24) is 4.90 Å². The number of ether oxygens (including phenoxy) is 1. The van der Waals surface area contributed by atoms with E-state index in [4.69, 9.17) is 27.9 Å². The van der Waals surface area contributed by atoms with E-state index in [1.807, 2.05) is 46.8 Å². The van der Waals surface area contributed by atoms with Crippen LogP contribution in [-0.2, 0) is 20.9 Å². The summed E-state index contributed by atoms with van der Waals surface area (Å²) < 4.78 is 4.89. The van der Waals surface area contributed by atoms with Gasteiger partial charge in [0.1, 0.15) is 10.3 Å². The Morgan fingerprint density at radius 2 is 1.65 bits per heavy atom. The lowest BCUT2D eigenvalue weighted by Crippen LogP contribution is -2.41. The van der Waals surface area contributed by atoms with Crippen LogP contribution in [-0.4, -0.2) is 39.7 Å². The van der Waals surface area contributed by atoms with E-state index >= 15 is 0 Å². The zero-order valence-corrected chi connectivity index (χ0v) is 24.7. The molecule has 3 rings (SSSR count). The summed E-state index contributed by atoms with van der Waals surface area (Å²) in [7, 11) is 0. The number of nitrogens with zero attached hydrogens (tertiary/aromatic N) is 1. The molecule has 0 aromatic heterocycles. The fourth-order valence-electron chi connectivity index (χ4n) is 4.36. The van der Waals surface area contributed by atoms with Gasteiger partial charge >= 0.3 is 5.97 Å². The highest BCUT2D eigenvalue weighted by Crippen LogP contribution is 2.35. The molecule has 5 nitrogen and oxygen atoms in total. The van der Waals surface area contributed by atoms with Crippen molar-refractivity contribution in [3.05, 3.63) is 58.1 Å². The number of esters is 1. The van der Waals surface area contributed by atoms with Crippen LogP contribution in [0.4, 0.5) is 5.69 Å². The highest BCUT2D eigenvalue weighted by atomic mass is 35.5. The number of hydrogen-bond donors (Lipinski definition) is 1. The summed E-state index contributed by atoms with van der Waals surface area (Å²) in [5.74, 6) is -0.328. The van der Waals surface area contributed by atoms with E-state index in [0.717, 1.165) is 23.3 Å². The van der Waals surface area contributed by atoms with Gasteiger partial charge in [0.2, 0.25) is 5.91 Å². The molecule has 0 atom stereocenters. The molecular formula is C29H38Cl2N2O3S. The Balaban J connectivity index is 1.67. The Morgan fingerprint density at radius 3 is 2.24 bits per heavy atom. The summed E-state index contributed by atoms with van der Waals surface area (Å²) in [6.45, 7) is 10.4. The smallest absolute Gasteiger partial charge is 0.322 e. The van der Waals surface area contributed by atoms with E-state index in [1.54, 1.807) is 18.2 Å². The number of thioether (sulfide) groups is 1. The van der Waals surface area contributed by atoms with Gasteiger partial charge in [-0.25, -0.2) is 0 Å². The molecule has 37 heavy (non-hydrogen) atoms. The molecular weight excluding hydrogens is 527 g/mol. The van der Waals surface area contributed by atoms with E-state index in [2.05, 4.69) is 22.3 Å². The third-order valence-corrected chi connectivity index (χ3v) is 7.95. The summed E-state index contributed by atoms with van der Waals surface area (Å²) in [5.41, 5.74) is 1.17. The van der Waals surface area contributed by atoms with E-state index in [-0.39, 0.29) is 18.4 Å². The minimum absolute atomic E-state index is 0.0962. The summed E-state index contributed by atoms with van der Waals surface area (Å²) in [4.78, 5) is 28.9. The molecule has 0 radical (unpaired) electrons. The lowest BCUT2D eigenvalue weighted by molar-refractivity contribution is -0.156. The summed E-state index contributed by atoms with van der Waals surface area (Å²) in [6, 6.07) is 13.7. The second-order valence-corrected chi connectivity index (χ2v) is 13.7. The quantitative estimate of drug-likeness (QED) is 0.247. The summed E-state index contributed by atoms with van der Waals surface area (Å²) in [5, 5.41) is 3.89. The van der Waals surface area contributed by atoms with Gasteiger partial charge in [-0.3, -0.25) is 14.5 Å². The van der Waals surface area contributed by atoms with E-state index in [9.17, 15) is 9.59 Å². The minimum atomic E-state index is -0.704. The topological polar surface area (TPSA) is 58.6 Å². The molecule has 1 aliphatic carbocycles. The fourth-order valence-corrected chi connectivity index (χ4v) is 5.80. The number of benzene rings is 2. The van der Waals surface area contributed by atoms with Gasteiger partial charge < -0.3 is 10.1 Å². The second-order valence-electron chi connectivity index (χ2n) is 11.1. The van der Waals surface area contributed by atoms with Crippen molar-refractivity contribution in [1.29, 1.82) is 0 Å². The summed E-state index contributed by atoms with van der Waals surface area (Å²) in [6.07, 6.45) is 5.79. The third-order valence-electron chi connectivity index (χ3n) is 6.22. The molecule has 1 N–H and O–H groups in total. The maximum atomic E-state index is 13.0. The van der Waals surface area contributed by atoms with Crippen LogP contribution in [0.1, 0.15) is 72.3 Å². The largest absolute Gasteiger partial charge is 0.459 e. The van der Waals surface area contributed by atoms with Crippen molar-refractivity contribution < 1.29 is 14.3 Å². The van der Waals surface area contributed by atoms with E-state index < -0.39 is 10.3 Å². The number of nitrogens with one attached hydrogen (secondary N) is 1. The Bertz CT molecular complexity index is 1080. The number of carbonyl (C=O) groups excluding carboxylic acids is 2. The molecule has 0 saturated heterocycles. The van der Waals surface area contributed by atoms with Crippen molar-refractivity contribution in [3.8, 4) is 0 Å². The van der Waals surface area contributed by atoms with Gasteiger partial charge in [-0.2, -0.15) is 0 Å². The number of hydrogen-bond acceptors (Lipinski definition) is 5. The normalized spacial score (nSPS) is 15.0. The van der Waals surface area contributed by atoms with Gasteiger partial charge in [0.15, 0.2) is 0 Å². The summed E-state index contributed by atoms with van der Waals surface area (Å²) >= 11 is 13.7. The van der Waals surface area contributed by atoms with Crippen LogP contribution < -0.4 is 5.32 Å². The number of carbonyl (C=O) groups is 2. The van der Waals surface area contributed by atoms with Gasteiger partial charge in [0.05, 0.1) is 17.3 Å². The van der Waals surface area contributed by atoms with Crippen LogP contribution in [0.25, 0.3) is 0 Å². The number of rotatable bonds is 9. The molecule has 202 valence electrons. The predicted molar refractivity (Wildman–Crippen MR) is 155 cm³/mol. The van der Waals surface area contributed by atoms with Gasteiger partial charge in [0.25, 0.3) is 0 Å². The molecule has 1 saturated carbocycles. The molecule has 0 heterocycles. The Morgan fingerprint density at radius 1 is 1.00 bits per heavy atom. The minimum Gasteiger partial charge on any atom is -0.459 e. The zero-order chi connectivity index (χ0) is 27.2. The van der Waals surface area contributed by atoms with Crippen LogP contribution >= 0.6 is 35.0 Å². The van der Waals surface area contributed by atoms with Crippen molar-refractivity contribution in [2.45, 2.75) is 94.6 Å². The molecule has 1 aliphatic rings. The average Bonchev–Trinajstić information content (AvgIpc) is 2.81. The van der Waals surface area contributed by atoms with E-state index in [1.165, 1.54) is 31.0 Å². The number of amides is 1. The van der Waals surface area contributed by atoms with Crippen molar-refractivity contribution >= 4 is 52.5 Å². The SMILES string of the molecule is CC(C)(C)OC(=O)C(C)(C)Sc1ccc(CN(CC(=O)Nc2ccc(Cl)cc2Cl)C2CCCCC2)cc1. The molecule has 2 aromatic rings. The number of anilines is 1. The van der Waals surface area contributed by atoms with Crippen LogP contribution in [0.3, 0.4) is 0 Å². The molecule has 0 bridgehead atoms. The second kappa shape index (κ2) is 12.9. The molecule has 0 unspecified atom stereocenters. The fraction of sp³-hybridized carbons (Fsp3) is 0.517. The van der Waals surface area contributed by atoms with Gasteiger partial charge in [-0.05, 0) is 83.4 Å². The number of halogens is 2. The Kier molecular flexibility index (Phi) is 10.4. The molecule has 2 aromatic carbocycles. The lowest BCUT2D eigenvalue weighted by Gasteiger charge is -2.34. The predicted octanol–water partition coefficient (Wildman–Crippen LogP) is 7.98. The van der Waals surface area contributed by atoms with Crippen molar-refractivity contribution in [3.63, 3.8) is 0 Å². The Labute approximate surface area is 235 Å².